The molecule has 3 aromatic rings. The second kappa shape index (κ2) is 8.21. The molecular weight excluding hydrogens is 356 g/mol. The van der Waals surface area contributed by atoms with Crippen LogP contribution in [-0.2, 0) is 18.0 Å². The van der Waals surface area contributed by atoms with Gasteiger partial charge in [-0.05, 0) is 35.9 Å². The minimum absolute atomic E-state index is 0.00922. The highest BCUT2D eigenvalue weighted by Gasteiger charge is 2.10. The smallest absolute Gasteiger partial charge is 0.338 e. The lowest BCUT2D eigenvalue weighted by Crippen LogP contribution is -2.06. The van der Waals surface area contributed by atoms with Crippen LogP contribution in [0.4, 0.5) is 5.69 Å². The molecule has 0 radical (unpaired) electrons. The quantitative estimate of drug-likeness (QED) is 0.355. The van der Waals surface area contributed by atoms with Crippen LogP contribution >= 0.6 is 11.3 Å². The Labute approximate surface area is 153 Å². The molecule has 2 aromatic carbocycles. The van der Waals surface area contributed by atoms with Crippen LogP contribution in [0.5, 0.6) is 5.75 Å². The van der Waals surface area contributed by atoms with Crippen molar-refractivity contribution in [1.82, 2.24) is 4.98 Å². The van der Waals surface area contributed by atoms with Gasteiger partial charge in [-0.2, -0.15) is 0 Å². The Bertz CT molecular complexity index is 894. The first-order valence-corrected chi connectivity index (χ1v) is 8.56. The van der Waals surface area contributed by atoms with Crippen molar-refractivity contribution in [3.05, 3.63) is 86.4 Å². The van der Waals surface area contributed by atoms with Crippen LogP contribution in [0.15, 0.2) is 59.4 Å². The van der Waals surface area contributed by atoms with Gasteiger partial charge in [0.25, 0.3) is 5.69 Å². The van der Waals surface area contributed by atoms with Crippen LogP contribution in [0.3, 0.4) is 0 Å². The van der Waals surface area contributed by atoms with Crippen molar-refractivity contribution in [3.63, 3.8) is 0 Å². The second-order valence-electron chi connectivity index (χ2n) is 5.30. The average Bonchev–Trinajstić information content (AvgIpc) is 3.18. The number of thiazole rings is 1. The van der Waals surface area contributed by atoms with E-state index in [1.54, 1.807) is 41.9 Å². The molecule has 0 aliphatic heterocycles. The fourth-order valence-corrected chi connectivity index (χ4v) is 2.67. The molecule has 0 aliphatic rings. The van der Waals surface area contributed by atoms with Crippen LogP contribution in [0.25, 0.3) is 0 Å². The van der Waals surface area contributed by atoms with Crippen LogP contribution < -0.4 is 4.74 Å². The van der Waals surface area contributed by atoms with Crippen molar-refractivity contribution in [2.75, 3.05) is 0 Å². The number of hydrogen-bond acceptors (Lipinski definition) is 7. The molecule has 0 atom stereocenters. The third-order valence-electron chi connectivity index (χ3n) is 3.46. The van der Waals surface area contributed by atoms with Gasteiger partial charge < -0.3 is 9.47 Å². The topological polar surface area (TPSA) is 91.6 Å². The number of ether oxygens (including phenoxy) is 2. The van der Waals surface area contributed by atoms with Crippen molar-refractivity contribution >= 4 is 23.0 Å². The summed E-state index contributed by atoms with van der Waals surface area (Å²) >= 11 is 1.49. The molecule has 0 saturated heterocycles. The number of rotatable bonds is 7. The molecule has 0 saturated carbocycles. The number of non-ortho nitro benzene ring substituents is 1. The van der Waals surface area contributed by atoms with E-state index in [1.165, 1.54) is 23.5 Å². The minimum atomic E-state index is -0.498. The molecule has 0 spiro atoms. The van der Waals surface area contributed by atoms with E-state index >= 15 is 0 Å². The lowest BCUT2D eigenvalue weighted by atomic mass is 10.2. The molecule has 3 rings (SSSR count). The number of aromatic nitrogens is 1. The van der Waals surface area contributed by atoms with Crippen molar-refractivity contribution in [2.45, 2.75) is 13.2 Å². The summed E-state index contributed by atoms with van der Waals surface area (Å²) in [5, 5.41) is 12.5. The van der Waals surface area contributed by atoms with Crippen LogP contribution in [-0.4, -0.2) is 15.9 Å². The normalized spacial score (nSPS) is 10.3. The molecule has 132 valence electrons. The summed E-state index contributed by atoms with van der Waals surface area (Å²) in [6, 6.07) is 12.5. The summed E-state index contributed by atoms with van der Waals surface area (Å²) in [6.45, 7) is 0.353. The fourth-order valence-electron chi connectivity index (χ4n) is 2.13. The number of esters is 1. The maximum Gasteiger partial charge on any atom is 0.338 e. The molecular formula is C18H14N2O5S. The van der Waals surface area contributed by atoms with E-state index in [1.807, 2.05) is 5.38 Å². The van der Waals surface area contributed by atoms with Crippen LogP contribution in [0.2, 0.25) is 0 Å². The maximum absolute atomic E-state index is 12.2. The van der Waals surface area contributed by atoms with Gasteiger partial charge in [-0.25, -0.2) is 9.78 Å². The first-order valence-electron chi connectivity index (χ1n) is 7.62. The Balaban J connectivity index is 1.57. The Morgan fingerprint density at radius 2 is 1.96 bits per heavy atom. The largest absolute Gasteiger partial charge is 0.487 e. The van der Waals surface area contributed by atoms with Gasteiger partial charge in [-0.3, -0.25) is 10.1 Å². The fraction of sp³-hybridized carbons (Fsp3) is 0.111. The van der Waals surface area contributed by atoms with E-state index in [0.717, 1.165) is 5.69 Å². The van der Waals surface area contributed by atoms with E-state index in [2.05, 4.69) is 4.98 Å². The number of nitrogens with zero attached hydrogens (tertiary/aromatic N) is 2. The van der Waals surface area contributed by atoms with E-state index in [0.29, 0.717) is 23.5 Å². The third kappa shape index (κ3) is 4.64. The van der Waals surface area contributed by atoms with Gasteiger partial charge >= 0.3 is 5.97 Å². The molecule has 26 heavy (non-hydrogen) atoms. The van der Waals surface area contributed by atoms with Crippen molar-refractivity contribution in [2.24, 2.45) is 0 Å². The highest BCUT2D eigenvalue weighted by Crippen LogP contribution is 2.17. The lowest BCUT2D eigenvalue weighted by Gasteiger charge is -2.08. The number of nitro benzene ring substituents is 1. The first kappa shape index (κ1) is 17.6. The number of benzene rings is 2. The van der Waals surface area contributed by atoms with Crippen molar-refractivity contribution in [3.8, 4) is 5.75 Å². The van der Waals surface area contributed by atoms with Gasteiger partial charge in [0, 0.05) is 17.5 Å². The van der Waals surface area contributed by atoms with Gasteiger partial charge in [-0.15, -0.1) is 11.3 Å². The molecule has 7 nitrogen and oxygen atoms in total. The predicted molar refractivity (Wildman–Crippen MR) is 95.1 cm³/mol. The Hall–Kier alpha value is -3.26. The molecule has 8 heteroatoms. The lowest BCUT2D eigenvalue weighted by molar-refractivity contribution is -0.384. The third-order valence-corrected chi connectivity index (χ3v) is 4.09. The number of carbonyl (C=O) groups excluding carboxylic acids is 1. The first-order chi connectivity index (χ1) is 12.6. The summed E-state index contributed by atoms with van der Waals surface area (Å²) < 4.78 is 10.9. The Morgan fingerprint density at radius 3 is 2.65 bits per heavy atom. The molecule has 1 aromatic heterocycles. The van der Waals surface area contributed by atoms with Gasteiger partial charge in [0.2, 0.25) is 0 Å². The summed E-state index contributed by atoms with van der Waals surface area (Å²) in [5.74, 6) is 0.0465. The highest BCUT2D eigenvalue weighted by molar-refractivity contribution is 7.07. The molecule has 1 heterocycles. The number of carbonyl (C=O) groups is 1. The van der Waals surface area contributed by atoms with Gasteiger partial charge in [0.15, 0.2) is 0 Å². The van der Waals surface area contributed by atoms with E-state index in [-0.39, 0.29) is 12.3 Å². The van der Waals surface area contributed by atoms with E-state index < -0.39 is 10.9 Å². The highest BCUT2D eigenvalue weighted by atomic mass is 32.1. The Morgan fingerprint density at radius 1 is 1.15 bits per heavy atom. The van der Waals surface area contributed by atoms with Gasteiger partial charge in [-0.1, -0.05) is 6.07 Å². The average molecular weight is 370 g/mol. The van der Waals surface area contributed by atoms with Crippen LogP contribution in [0, 0.1) is 10.1 Å². The standard InChI is InChI=1S/C18H14N2O5S/c21-18(25-9-13-4-6-16(7-5-13)20(22)23)14-2-1-3-17(8-14)24-10-15-11-26-12-19-15/h1-8,11-12H,9-10H2. The summed E-state index contributed by atoms with van der Waals surface area (Å²) in [5.41, 5.74) is 3.57. The zero-order valence-electron chi connectivity index (χ0n) is 13.5. The van der Waals surface area contributed by atoms with Gasteiger partial charge in [0.05, 0.1) is 21.7 Å². The van der Waals surface area contributed by atoms with Crippen LogP contribution in [0.1, 0.15) is 21.6 Å². The molecule has 0 fully saturated rings. The number of hydrogen-bond donors (Lipinski definition) is 0. The molecule has 0 aliphatic carbocycles. The summed E-state index contributed by atoms with van der Waals surface area (Å²) in [6.07, 6.45) is 0. The predicted octanol–water partition coefficient (Wildman–Crippen LogP) is 3.99. The van der Waals surface area contributed by atoms with Crippen molar-refractivity contribution in [1.29, 1.82) is 0 Å². The van der Waals surface area contributed by atoms with Crippen molar-refractivity contribution < 1.29 is 19.2 Å². The second-order valence-corrected chi connectivity index (χ2v) is 6.01. The number of nitro groups is 1. The molecule has 0 bridgehead atoms. The monoisotopic (exact) mass is 370 g/mol. The maximum atomic E-state index is 12.2. The molecule has 0 amide bonds. The molecule has 0 N–H and O–H groups in total. The van der Waals surface area contributed by atoms with E-state index in [9.17, 15) is 14.9 Å². The molecule has 0 unspecified atom stereocenters. The SMILES string of the molecule is O=C(OCc1ccc([N+](=O)[O-])cc1)c1cccc(OCc2cscn2)c1. The van der Waals surface area contributed by atoms with Gasteiger partial charge in [0.1, 0.15) is 19.0 Å². The van der Waals surface area contributed by atoms with E-state index in [4.69, 9.17) is 9.47 Å². The summed E-state index contributed by atoms with van der Waals surface area (Å²) in [4.78, 5) is 26.5. The summed E-state index contributed by atoms with van der Waals surface area (Å²) in [7, 11) is 0. The zero-order valence-corrected chi connectivity index (χ0v) is 14.3. The Kier molecular flexibility index (Phi) is 5.55. The minimum Gasteiger partial charge on any atom is -0.487 e. The zero-order chi connectivity index (χ0) is 18.4.